The summed E-state index contributed by atoms with van der Waals surface area (Å²) in [7, 11) is 0. The minimum Gasteiger partial charge on any atom is -0.483 e. The zero-order valence-corrected chi connectivity index (χ0v) is 20.1. The molecule has 4 nitrogen and oxygen atoms in total. The smallest absolute Gasteiger partial charge is 0.260 e. The fourth-order valence-corrected chi connectivity index (χ4v) is 4.85. The Bertz CT molecular complexity index is 1240. The molecule has 1 fully saturated rings. The Kier molecular flexibility index (Phi) is 5.91. The third kappa shape index (κ3) is 4.33. The van der Waals surface area contributed by atoms with E-state index >= 15 is 0 Å². The van der Waals surface area contributed by atoms with Gasteiger partial charge in [-0.2, -0.15) is 0 Å². The van der Waals surface area contributed by atoms with Crippen LogP contribution in [0.4, 0.5) is 0 Å². The second-order valence-corrected chi connectivity index (χ2v) is 9.44. The molecule has 0 bridgehead atoms. The molecule has 4 heteroatoms. The summed E-state index contributed by atoms with van der Waals surface area (Å²) in [5, 5.41) is 0. The average molecular weight is 454 g/mol. The number of rotatable bonds is 4. The lowest BCUT2D eigenvalue weighted by molar-refractivity contribution is -0.136. The van der Waals surface area contributed by atoms with Crippen molar-refractivity contribution in [1.82, 2.24) is 4.90 Å². The Morgan fingerprint density at radius 1 is 0.941 bits per heavy atom. The Morgan fingerprint density at radius 3 is 2.44 bits per heavy atom. The van der Waals surface area contributed by atoms with Crippen LogP contribution in [0.15, 0.2) is 66.7 Å². The predicted octanol–water partition coefficient (Wildman–Crippen LogP) is 6.12. The maximum Gasteiger partial charge on any atom is 0.260 e. The molecule has 174 valence electrons. The zero-order chi connectivity index (χ0) is 23.7. The maximum atomic E-state index is 12.9. The number of hydrogen-bond donors (Lipinski definition) is 0. The van der Waals surface area contributed by atoms with Crippen LogP contribution in [0.1, 0.15) is 35.1 Å². The van der Waals surface area contributed by atoms with E-state index in [2.05, 4.69) is 67.6 Å². The predicted molar refractivity (Wildman–Crippen MR) is 136 cm³/mol. The summed E-state index contributed by atoms with van der Waals surface area (Å²) < 4.78 is 12.5. The van der Waals surface area contributed by atoms with E-state index in [0.29, 0.717) is 13.1 Å². The minimum absolute atomic E-state index is 0.0304. The van der Waals surface area contributed by atoms with Crippen LogP contribution in [0.25, 0.3) is 17.2 Å². The van der Waals surface area contributed by atoms with Gasteiger partial charge in [0.25, 0.3) is 5.91 Å². The zero-order valence-electron chi connectivity index (χ0n) is 20.1. The molecule has 0 saturated carbocycles. The number of carbonyl (C=O) groups is 1. The number of piperidine rings is 1. The molecule has 1 amide bonds. The number of benzene rings is 3. The van der Waals surface area contributed by atoms with Crippen molar-refractivity contribution >= 4 is 12.0 Å². The van der Waals surface area contributed by atoms with Crippen molar-refractivity contribution in [2.75, 3.05) is 19.7 Å². The lowest BCUT2D eigenvalue weighted by Gasteiger charge is -2.42. The molecule has 0 unspecified atom stereocenters. The van der Waals surface area contributed by atoms with Gasteiger partial charge < -0.3 is 14.4 Å². The molecule has 2 heterocycles. The van der Waals surface area contributed by atoms with E-state index in [9.17, 15) is 4.79 Å². The Labute approximate surface area is 201 Å². The van der Waals surface area contributed by atoms with Crippen LogP contribution in [-0.4, -0.2) is 36.1 Å². The lowest BCUT2D eigenvalue weighted by Crippen LogP contribution is -2.50. The van der Waals surface area contributed by atoms with E-state index < -0.39 is 0 Å². The summed E-state index contributed by atoms with van der Waals surface area (Å²) in [4.78, 5) is 14.8. The SMILES string of the molecule is Cc1ccc(C)c(OCC(=O)N2CCC3(C=Cc4cc(-c5ccccc5)ccc4O3)CC2)c1C. The summed E-state index contributed by atoms with van der Waals surface area (Å²) in [5.41, 5.74) is 6.46. The summed E-state index contributed by atoms with van der Waals surface area (Å²) in [5.74, 6) is 1.77. The Balaban J connectivity index is 1.21. The number of likely N-dealkylation sites (tertiary alicyclic amines) is 1. The summed E-state index contributed by atoms with van der Waals surface area (Å²) in [6, 6.07) is 20.9. The van der Waals surface area contributed by atoms with Gasteiger partial charge in [-0.1, -0.05) is 54.6 Å². The van der Waals surface area contributed by atoms with Gasteiger partial charge in [0.1, 0.15) is 17.1 Å². The fraction of sp³-hybridized carbons (Fsp3) is 0.300. The highest BCUT2D eigenvalue weighted by Gasteiger charge is 2.38. The van der Waals surface area contributed by atoms with Crippen LogP contribution in [0.2, 0.25) is 0 Å². The van der Waals surface area contributed by atoms with Gasteiger partial charge in [-0.05, 0) is 66.8 Å². The molecule has 1 saturated heterocycles. The van der Waals surface area contributed by atoms with Gasteiger partial charge >= 0.3 is 0 Å². The van der Waals surface area contributed by atoms with Crippen molar-refractivity contribution < 1.29 is 14.3 Å². The van der Waals surface area contributed by atoms with Crippen LogP contribution in [0.5, 0.6) is 11.5 Å². The molecule has 34 heavy (non-hydrogen) atoms. The van der Waals surface area contributed by atoms with E-state index in [-0.39, 0.29) is 18.1 Å². The number of aryl methyl sites for hydroxylation is 2. The molecule has 5 rings (SSSR count). The molecule has 2 aliphatic rings. The highest BCUT2D eigenvalue weighted by Crippen LogP contribution is 2.39. The van der Waals surface area contributed by atoms with Crippen LogP contribution in [-0.2, 0) is 4.79 Å². The van der Waals surface area contributed by atoms with Crippen LogP contribution >= 0.6 is 0 Å². The Hall–Kier alpha value is -3.53. The largest absolute Gasteiger partial charge is 0.483 e. The molecule has 0 atom stereocenters. The van der Waals surface area contributed by atoms with Crippen LogP contribution in [0.3, 0.4) is 0 Å². The van der Waals surface area contributed by atoms with E-state index in [4.69, 9.17) is 9.47 Å². The first-order valence-electron chi connectivity index (χ1n) is 12.0. The van der Waals surface area contributed by atoms with E-state index in [1.54, 1.807) is 0 Å². The third-order valence-corrected chi connectivity index (χ3v) is 7.17. The molecule has 2 aliphatic heterocycles. The van der Waals surface area contributed by atoms with Gasteiger partial charge in [0.15, 0.2) is 6.61 Å². The summed E-state index contributed by atoms with van der Waals surface area (Å²) in [6.07, 6.45) is 5.91. The molecule has 0 radical (unpaired) electrons. The molecule has 0 aliphatic carbocycles. The first-order chi connectivity index (χ1) is 16.4. The first kappa shape index (κ1) is 22.3. The van der Waals surface area contributed by atoms with E-state index in [1.165, 1.54) is 16.7 Å². The number of fused-ring (bicyclic) bond motifs is 1. The van der Waals surface area contributed by atoms with Gasteiger partial charge in [-0.3, -0.25) is 4.79 Å². The monoisotopic (exact) mass is 453 g/mol. The van der Waals surface area contributed by atoms with Crippen molar-refractivity contribution in [3.63, 3.8) is 0 Å². The number of amides is 1. The fourth-order valence-electron chi connectivity index (χ4n) is 4.85. The van der Waals surface area contributed by atoms with Gasteiger partial charge in [-0.25, -0.2) is 0 Å². The quantitative estimate of drug-likeness (QED) is 0.477. The van der Waals surface area contributed by atoms with Crippen molar-refractivity contribution in [1.29, 1.82) is 0 Å². The normalized spacial score (nSPS) is 16.1. The maximum absolute atomic E-state index is 12.9. The average Bonchev–Trinajstić information content (AvgIpc) is 2.87. The minimum atomic E-state index is -0.345. The Morgan fingerprint density at radius 2 is 1.68 bits per heavy atom. The standard InChI is InChI=1S/C30H31NO3/c1-21-9-10-22(2)29(23(21)3)33-20-28(32)31-17-15-30(16-18-31)14-13-26-19-25(11-12-27(26)34-30)24-7-5-4-6-8-24/h4-14,19H,15-18,20H2,1-3H3. The van der Waals surface area contributed by atoms with E-state index in [0.717, 1.165) is 41.0 Å². The molecule has 3 aromatic carbocycles. The number of carbonyl (C=O) groups excluding carboxylic acids is 1. The molecule has 0 N–H and O–H groups in total. The number of ether oxygens (including phenoxy) is 2. The topological polar surface area (TPSA) is 38.8 Å². The molecule has 0 aromatic heterocycles. The molecule has 3 aromatic rings. The van der Waals surface area contributed by atoms with Gasteiger partial charge in [0.05, 0.1) is 0 Å². The van der Waals surface area contributed by atoms with Crippen molar-refractivity contribution in [2.45, 2.75) is 39.2 Å². The number of nitrogens with zero attached hydrogens (tertiary/aromatic N) is 1. The van der Waals surface area contributed by atoms with Gasteiger partial charge in [0.2, 0.25) is 0 Å². The van der Waals surface area contributed by atoms with Gasteiger partial charge in [0, 0.05) is 31.5 Å². The molecule has 1 spiro atoms. The van der Waals surface area contributed by atoms with Crippen molar-refractivity contribution in [2.24, 2.45) is 0 Å². The van der Waals surface area contributed by atoms with Crippen LogP contribution < -0.4 is 9.47 Å². The first-order valence-corrected chi connectivity index (χ1v) is 12.0. The second kappa shape index (κ2) is 9.02. The van der Waals surface area contributed by atoms with Crippen molar-refractivity contribution in [3.8, 4) is 22.6 Å². The van der Waals surface area contributed by atoms with Crippen LogP contribution in [0, 0.1) is 20.8 Å². The summed E-state index contributed by atoms with van der Waals surface area (Å²) >= 11 is 0. The van der Waals surface area contributed by atoms with Crippen molar-refractivity contribution in [3.05, 3.63) is 89.0 Å². The summed E-state index contributed by atoms with van der Waals surface area (Å²) in [6.45, 7) is 7.52. The highest BCUT2D eigenvalue weighted by atomic mass is 16.5. The van der Waals surface area contributed by atoms with E-state index in [1.807, 2.05) is 30.9 Å². The third-order valence-electron chi connectivity index (χ3n) is 7.17. The van der Waals surface area contributed by atoms with Gasteiger partial charge in [-0.15, -0.1) is 0 Å². The lowest BCUT2D eigenvalue weighted by atomic mass is 9.87. The number of hydrogen-bond acceptors (Lipinski definition) is 3. The highest BCUT2D eigenvalue weighted by molar-refractivity contribution is 5.78. The second-order valence-electron chi connectivity index (χ2n) is 9.44. The molecular weight excluding hydrogens is 422 g/mol. The molecular formula is C30H31NO3.